The summed E-state index contributed by atoms with van der Waals surface area (Å²) >= 11 is 0. The Morgan fingerprint density at radius 1 is 1.19 bits per heavy atom. The van der Waals surface area contributed by atoms with Gasteiger partial charge in [0, 0.05) is 33.9 Å². The number of aliphatic hydroxyl groups is 1. The summed E-state index contributed by atoms with van der Waals surface area (Å²) in [5, 5.41) is 12.4. The lowest BCUT2D eigenvalue weighted by atomic mass is 10.1. The molecule has 3 N–H and O–H groups in total. The van der Waals surface area contributed by atoms with Crippen LogP contribution in [0, 0.1) is 11.7 Å². The Labute approximate surface area is 248 Å². The van der Waals surface area contributed by atoms with Crippen LogP contribution in [0.25, 0.3) is 11.0 Å². The van der Waals surface area contributed by atoms with E-state index in [0.29, 0.717) is 17.6 Å². The molecule has 0 aromatic carbocycles. The van der Waals surface area contributed by atoms with Crippen molar-refractivity contribution in [3.8, 4) is 0 Å². The van der Waals surface area contributed by atoms with Gasteiger partial charge in [0.1, 0.15) is 17.0 Å². The Balaban J connectivity index is 1.88. The van der Waals surface area contributed by atoms with Crippen LogP contribution in [0.1, 0.15) is 43.9 Å². The van der Waals surface area contributed by atoms with Crippen molar-refractivity contribution < 1.29 is 28.6 Å². The Morgan fingerprint density at radius 2 is 1.91 bits per heavy atom. The number of ether oxygens (including phenoxy) is 1. The molecule has 0 spiro atoms. The number of likely N-dealkylation sites (N-methyl/N-ethyl adjacent to an activating group) is 1. The highest BCUT2D eigenvalue weighted by atomic mass is 19.1. The van der Waals surface area contributed by atoms with Crippen LogP contribution >= 0.6 is 0 Å². The molecule has 3 amide bonds. The highest BCUT2D eigenvalue weighted by Gasteiger charge is 2.25. The summed E-state index contributed by atoms with van der Waals surface area (Å²) in [5.74, 6) is -1.09. The van der Waals surface area contributed by atoms with E-state index in [1.165, 1.54) is 41.8 Å². The minimum atomic E-state index is -1.27. The van der Waals surface area contributed by atoms with Crippen molar-refractivity contribution in [2.24, 2.45) is 5.92 Å². The van der Waals surface area contributed by atoms with Crippen molar-refractivity contribution in [1.29, 1.82) is 0 Å². The lowest BCUT2D eigenvalue weighted by Crippen LogP contribution is -2.38. The smallest absolute Gasteiger partial charge is 0.410 e. The van der Waals surface area contributed by atoms with Gasteiger partial charge in [0.2, 0.25) is 5.91 Å². The maximum absolute atomic E-state index is 14.5. The molecule has 13 nitrogen and oxygen atoms in total. The minimum Gasteiger partial charge on any atom is -0.436 e. The maximum atomic E-state index is 14.5. The van der Waals surface area contributed by atoms with Gasteiger partial charge in [-0.25, -0.2) is 14.2 Å². The predicted molar refractivity (Wildman–Crippen MR) is 158 cm³/mol. The third-order valence-corrected chi connectivity index (χ3v) is 6.39. The summed E-state index contributed by atoms with van der Waals surface area (Å²) in [5.41, 5.74) is 0.608. The topological polar surface area (TPSA) is 163 Å². The molecule has 0 aliphatic rings. The second-order valence-corrected chi connectivity index (χ2v) is 10.8. The van der Waals surface area contributed by atoms with Crippen molar-refractivity contribution in [3.63, 3.8) is 0 Å². The molecule has 0 fully saturated rings. The van der Waals surface area contributed by atoms with E-state index < -0.39 is 36.1 Å². The number of aromatic amines is 1. The molecule has 14 heteroatoms. The molecule has 3 aromatic rings. The number of pyridine rings is 2. The molecule has 0 saturated heterocycles. The highest BCUT2D eigenvalue weighted by molar-refractivity contribution is 5.95. The Kier molecular flexibility index (Phi) is 11.1. The van der Waals surface area contributed by atoms with Gasteiger partial charge < -0.3 is 34.5 Å². The molecule has 232 valence electrons. The molecule has 3 aromatic heterocycles. The molecule has 3 heterocycles. The number of rotatable bonds is 12. The average molecular weight is 600 g/mol. The number of carbonyl (C=O) groups is 3. The molecule has 0 saturated carbocycles. The number of hydrogen-bond acceptors (Lipinski definition) is 8. The summed E-state index contributed by atoms with van der Waals surface area (Å²) in [6.45, 7) is 3.38. The first-order chi connectivity index (χ1) is 20.3. The fourth-order valence-corrected chi connectivity index (χ4v) is 4.12. The van der Waals surface area contributed by atoms with Crippen molar-refractivity contribution in [1.82, 2.24) is 29.3 Å². The summed E-state index contributed by atoms with van der Waals surface area (Å²) < 4.78 is 21.1. The number of imidazole rings is 1. The second-order valence-electron chi connectivity index (χ2n) is 10.8. The van der Waals surface area contributed by atoms with Gasteiger partial charge >= 0.3 is 6.09 Å². The Hall–Kier alpha value is -4.59. The number of H-pyrrole nitrogens is 1. The van der Waals surface area contributed by atoms with Gasteiger partial charge in [-0.15, -0.1) is 0 Å². The van der Waals surface area contributed by atoms with E-state index in [2.05, 4.69) is 20.3 Å². The molecule has 0 aliphatic carbocycles. The van der Waals surface area contributed by atoms with Gasteiger partial charge in [-0.05, 0) is 43.4 Å². The number of halogens is 1. The number of fused-ring (bicyclic) bond motifs is 1. The molecular formula is C29H38FN7O6. The van der Waals surface area contributed by atoms with Crippen LogP contribution in [0.15, 0.2) is 35.3 Å². The lowest BCUT2D eigenvalue weighted by Gasteiger charge is -2.20. The van der Waals surface area contributed by atoms with Crippen molar-refractivity contribution in [3.05, 3.63) is 63.9 Å². The zero-order valence-corrected chi connectivity index (χ0v) is 25.2. The number of nitrogens with zero attached hydrogens (tertiary/aromatic N) is 5. The molecule has 0 unspecified atom stereocenters. The highest BCUT2D eigenvalue weighted by Crippen LogP contribution is 2.21. The van der Waals surface area contributed by atoms with E-state index in [1.807, 2.05) is 13.8 Å². The number of aromatic nitrogens is 4. The molecular weight excluding hydrogens is 561 g/mol. The van der Waals surface area contributed by atoms with Gasteiger partial charge in [0.15, 0.2) is 11.9 Å². The first-order valence-electron chi connectivity index (χ1n) is 13.7. The van der Waals surface area contributed by atoms with Gasteiger partial charge in [0.05, 0.1) is 30.6 Å². The van der Waals surface area contributed by atoms with E-state index in [0.717, 1.165) is 11.1 Å². The SMILES string of the molecule is CC(C)Cc1ncc(F)c2nc(Cn3c(CO)ccc(NC(=O)[C@H](CC/C=C/C(=O)N(C)C)OC(=O)N(C)C)c3=O)[nH]c12. The van der Waals surface area contributed by atoms with Crippen LogP contribution in [0.4, 0.5) is 14.9 Å². The second kappa shape index (κ2) is 14.5. The number of carbonyl (C=O) groups excluding carboxylic acids is 3. The molecule has 3 rings (SSSR count). The first-order valence-corrected chi connectivity index (χ1v) is 13.7. The molecule has 0 bridgehead atoms. The quantitative estimate of drug-likeness (QED) is 0.267. The van der Waals surface area contributed by atoms with Gasteiger partial charge in [-0.3, -0.25) is 19.4 Å². The molecule has 43 heavy (non-hydrogen) atoms. The lowest BCUT2D eigenvalue weighted by molar-refractivity contribution is -0.125. The Bertz CT molecular complexity index is 1560. The van der Waals surface area contributed by atoms with Crippen LogP contribution in [0.5, 0.6) is 0 Å². The van der Waals surface area contributed by atoms with E-state index in [9.17, 15) is 28.7 Å². The number of aliphatic hydroxyl groups excluding tert-OH is 1. The summed E-state index contributed by atoms with van der Waals surface area (Å²) in [6.07, 6.45) is 2.86. The van der Waals surface area contributed by atoms with E-state index in [1.54, 1.807) is 20.2 Å². The molecule has 1 atom stereocenters. The Morgan fingerprint density at radius 3 is 2.53 bits per heavy atom. The number of nitrogens with one attached hydrogen (secondary N) is 2. The third-order valence-electron chi connectivity index (χ3n) is 6.39. The first kappa shape index (κ1) is 32.9. The number of amides is 3. The summed E-state index contributed by atoms with van der Waals surface area (Å²) in [6, 6.07) is 2.80. The largest absolute Gasteiger partial charge is 0.436 e. The fourth-order valence-electron chi connectivity index (χ4n) is 4.12. The van der Waals surface area contributed by atoms with Crippen LogP contribution in [-0.2, 0) is 33.9 Å². The van der Waals surface area contributed by atoms with Gasteiger partial charge in [0.25, 0.3) is 11.5 Å². The fraction of sp³-hybridized carbons (Fsp3) is 0.448. The van der Waals surface area contributed by atoms with Crippen LogP contribution < -0.4 is 10.9 Å². The van der Waals surface area contributed by atoms with E-state index in [4.69, 9.17) is 4.74 Å². The average Bonchev–Trinajstić information content (AvgIpc) is 3.38. The zero-order valence-electron chi connectivity index (χ0n) is 25.2. The van der Waals surface area contributed by atoms with Crippen LogP contribution in [-0.4, -0.2) is 86.6 Å². The summed E-state index contributed by atoms with van der Waals surface area (Å²) in [4.78, 5) is 64.8. The van der Waals surface area contributed by atoms with Crippen LogP contribution in [0.3, 0.4) is 0 Å². The normalized spacial score (nSPS) is 12.1. The minimum absolute atomic E-state index is 0.0445. The predicted octanol–water partition coefficient (Wildman–Crippen LogP) is 2.43. The number of hydrogen-bond donors (Lipinski definition) is 3. The van der Waals surface area contributed by atoms with Crippen LogP contribution in [0.2, 0.25) is 0 Å². The van der Waals surface area contributed by atoms with Crippen molar-refractivity contribution in [2.45, 2.75) is 52.4 Å². The molecule has 0 radical (unpaired) electrons. The van der Waals surface area contributed by atoms with Crippen molar-refractivity contribution in [2.75, 3.05) is 33.5 Å². The molecule has 0 aliphatic heterocycles. The standard InChI is InChI=1S/C29H38FN7O6/c1-17(2)13-21-26-25(19(30)14-31-21)33-23(34-26)15-37-18(16-38)11-12-20(28(37)41)32-27(40)22(43-29(42)36(5)6)9-7-8-10-24(39)35(3)4/h8,10-12,14,17,22,38H,7,9,13,15-16H2,1-6H3,(H,32,40)(H,33,34)/b10-8+/t22-/m0/s1. The number of allylic oxidation sites excluding steroid dienone is 1. The monoisotopic (exact) mass is 599 g/mol. The third kappa shape index (κ3) is 8.47. The number of anilines is 1. The maximum Gasteiger partial charge on any atom is 0.410 e. The van der Waals surface area contributed by atoms with E-state index in [-0.39, 0.29) is 53.9 Å². The summed E-state index contributed by atoms with van der Waals surface area (Å²) in [7, 11) is 6.13. The van der Waals surface area contributed by atoms with Crippen molar-refractivity contribution >= 4 is 34.6 Å². The van der Waals surface area contributed by atoms with Gasteiger partial charge in [-0.2, -0.15) is 0 Å². The van der Waals surface area contributed by atoms with Gasteiger partial charge in [-0.1, -0.05) is 19.9 Å². The zero-order chi connectivity index (χ0) is 31.8. The van der Waals surface area contributed by atoms with E-state index >= 15 is 0 Å².